The van der Waals surface area contributed by atoms with Crippen molar-refractivity contribution < 1.29 is 22.7 Å². The first-order valence-electron chi connectivity index (χ1n) is 9.33. The molecule has 5 nitrogen and oxygen atoms in total. The van der Waals surface area contributed by atoms with Crippen LogP contribution in [0.2, 0.25) is 0 Å². The third-order valence-corrected chi connectivity index (χ3v) is 5.00. The molecule has 2 aliphatic rings. The first kappa shape index (κ1) is 17.8. The molecule has 5 rings (SSSR count). The van der Waals surface area contributed by atoms with Gasteiger partial charge < -0.3 is 19.3 Å². The minimum absolute atomic E-state index is 0.211. The number of hydrogen-bond donors (Lipinski definition) is 1. The Hall–Kier alpha value is -3.32. The number of nitrogens with zero attached hydrogens (tertiary/aromatic N) is 1. The lowest BCUT2D eigenvalue weighted by Crippen LogP contribution is -2.43. The van der Waals surface area contributed by atoms with E-state index in [0.29, 0.717) is 29.4 Å². The number of furan rings is 1. The zero-order chi connectivity index (χ0) is 20.0. The summed E-state index contributed by atoms with van der Waals surface area (Å²) in [5, 5.41) is 1.85. The van der Waals surface area contributed by atoms with Gasteiger partial charge >= 0.3 is 0 Å². The van der Waals surface area contributed by atoms with Gasteiger partial charge in [-0.25, -0.2) is 8.78 Å². The molecule has 0 bridgehead atoms. The molecule has 1 N–H and O–H groups in total. The van der Waals surface area contributed by atoms with Crippen molar-refractivity contribution in [3.63, 3.8) is 0 Å². The van der Waals surface area contributed by atoms with Gasteiger partial charge in [0, 0.05) is 11.1 Å². The molecule has 3 aromatic rings. The number of nitrogens with one attached hydrogen (secondary N) is 1. The van der Waals surface area contributed by atoms with Crippen LogP contribution in [0.5, 0.6) is 11.5 Å². The summed E-state index contributed by atoms with van der Waals surface area (Å²) in [6.45, 7) is 2.38. The van der Waals surface area contributed by atoms with Crippen LogP contribution in [0.1, 0.15) is 36.1 Å². The fourth-order valence-corrected chi connectivity index (χ4v) is 3.72. The van der Waals surface area contributed by atoms with E-state index in [1.54, 1.807) is 12.3 Å². The molecule has 0 aliphatic carbocycles. The Kier molecular flexibility index (Phi) is 4.24. The van der Waals surface area contributed by atoms with Crippen LogP contribution in [0.4, 0.5) is 8.78 Å². The molecule has 29 heavy (non-hydrogen) atoms. The number of para-hydroxylation sites is 1. The Labute approximate surface area is 166 Å². The maximum Gasteiger partial charge on any atom is 0.196 e. The SMILES string of the molecule is CCOc1cccc2c1OC(c1ccc(F)c(F)c1)N1NC(c3ccco3)=CC21. The summed E-state index contributed by atoms with van der Waals surface area (Å²) in [6, 6.07) is 12.9. The molecular weight excluding hydrogens is 378 g/mol. The third-order valence-electron chi connectivity index (χ3n) is 5.00. The summed E-state index contributed by atoms with van der Waals surface area (Å²) in [5.41, 5.74) is 5.44. The fraction of sp³-hybridized carbons (Fsp3) is 0.182. The van der Waals surface area contributed by atoms with Gasteiger partial charge in [-0.3, -0.25) is 0 Å². The van der Waals surface area contributed by atoms with E-state index >= 15 is 0 Å². The van der Waals surface area contributed by atoms with Gasteiger partial charge in [0.2, 0.25) is 0 Å². The molecule has 1 aromatic heterocycles. The molecular formula is C22H18F2N2O3. The summed E-state index contributed by atoms with van der Waals surface area (Å²) in [7, 11) is 0. The molecule has 0 spiro atoms. The van der Waals surface area contributed by atoms with Crippen molar-refractivity contribution >= 4 is 5.70 Å². The minimum atomic E-state index is -0.926. The largest absolute Gasteiger partial charge is 0.490 e. The van der Waals surface area contributed by atoms with Gasteiger partial charge in [0.25, 0.3) is 0 Å². The predicted octanol–water partition coefficient (Wildman–Crippen LogP) is 4.95. The van der Waals surface area contributed by atoms with E-state index < -0.39 is 17.9 Å². The van der Waals surface area contributed by atoms with E-state index in [4.69, 9.17) is 13.9 Å². The van der Waals surface area contributed by atoms with Gasteiger partial charge in [0.15, 0.2) is 35.1 Å². The highest BCUT2D eigenvalue weighted by Gasteiger charge is 2.42. The smallest absolute Gasteiger partial charge is 0.196 e. The summed E-state index contributed by atoms with van der Waals surface area (Å²) in [5.74, 6) is 0.0392. The first-order chi connectivity index (χ1) is 14.2. The maximum atomic E-state index is 14.0. The number of hydrazine groups is 1. The van der Waals surface area contributed by atoms with Crippen molar-refractivity contribution in [3.05, 3.63) is 89.4 Å². The Bertz CT molecular complexity index is 1080. The van der Waals surface area contributed by atoms with Crippen LogP contribution < -0.4 is 14.9 Å². The lowest BCUT2D eigenvalue weighted by Gasteiger charge is -2.39. The fourth-order valence-electron chi connectivity index (χ4n) is 3.72. The second-order valence-corrected chi connectivity index (χ2v) is 6.77. The molecule has 3 heterocycles. The van der Waals surface area contributed by atoms with Crippen molar-refractivity contribution in [2.24, 2.45) is 0 Å². The molecule has 0 saturated heterocycles. The van der Waals surface area contributed by atoms with E-state index in [-0.39, 0.29) is 6.04 Å². The summed E-state index contributed by atoms with van der Waals surface area (Å²) in [4.78, 5) is 0. The van der Waals surface area contributed by atoms with Crippen molar-refractivity contribution in [2.45, 2.75) is 19.2 Å². The van der Waals surface area contributed by atoms with Crippen LogP contribution in [0.15, 0.2) is 65.3 Å². The van der Waals surface area contributed by atoms with Gasteiger partial charge in [-0.2, -0.15) is 5.01 Å². The Morgan fingerprint density at radius 1 is 1.10 bits per heavy atom. The van der Waals surface area contributed by atoms with Crippen LogP contribution >= 0.6 is 0 Å². The molecule has 2 aromatic carbocycles. The van der Waals surface area contributed by atoms with Crippen molar-refractivity contribution in [2.75, 3.05) is 6.61 Å². The zero-order valence-corrected chi connectivity index (χ0v) is 15.6. The molecule has 2 unspecified atom stereocenters. The van der Waals surface area contributed by atoms with E-state index in [0.717, 1.165) is 23.4 Å². The Morgan fingerprint density at radius 3 is 2.76 bits per heavy atom. The Morgan fingerprint density at radius 2 is 2.00 bits per heavy atom. The van der Waals surface area contributed by atoms with Crippen molar-refractivity contribution in [1.82, 2.24) is 10.4 Å². The second kappa shape index (κ2) is 6.93. The van der Waals surface area contributed by atoms with Gasteiger partial charge in [-0.05, 0) is 43.3 Å². The standard InChI is InChI=1S/C22H18F2N2O3/c1-2-27-20-6-3-5-14-18-12-17(19-7-4-10-28-19)25-26(18)22(29-21(14)20)13-8-9-15(23)16(24)11-13/h3-12,18,22,25H,2H2,1H3. The van der Waals surface area contributed by atoms with E-state index in [2.05, 4.69) is 5.43 Å². The number of fused-ring (bicyclic) bond motifs is 3. The number of benzene rings is 2. The van der Waals surface area contributed by atoms with Crippen molar-refractivity contribution in [1.29, 1.82) is 0 Å². The van der Waals surface area contributed by atoms with E-state index in [1.807, 2.05) is 42.3 Å². The number of ether oxygens (including phenoxy) is 2. The van der Waals surface area contributed by atoms with Gasteiger partial charge in [-0.1, -0.05) is 18.2 Å². The molecule has 0 saturated carbocycles. The van der Waals surface area contributed by atoms with Gasteiger partial charge in [0.1, 0.15) is 0 Å². The number of halogens is 2. The minimum Gasteiger partial charge on any atom is -0.490 e. The van der Waals surface area contributed by atoms with Crippen LogP contribution in [-0.2, 0) is 0 Å². The lowest BCUT2D eigenvalue weighted by molar-refractivity contribution is -0.0349. The number of rotatable bonds is 4. The van der Waals surface area contributed by atoms with Crippen molar-refractivity contribution in [3.8, 4) is 11.5 Å². The quantitative estimate of drug-likeness (QED) is 0.676. The third kappa shape index (κ3) is 2.94. The molecule has 7 heteroatoms. The van der Waals surface area contributed by atoms with Crippen LogP contribution in [0.25, 0.3) is 5.70 Å². The second-order valence-electron chi connectivity index (χ2n) is 6.77. The van der Waals surface area contributed by atoms with E-state index in [1.165, 1.54) is 6.07 Å². The zero-order valence-electron chi connectivity index (χ0n) is 15.6. The normalized spacial score (nSPS) is 20.3. The monoisotopic (exact) mass is 396 g/mol. The topological polar surface area (TPSA) is 46.9 Å². The van der Waals surface area contributed by atoms with Gasteiger partial charge in [-0.15, -0.1) is 0 Å². The Balaban J connectivity index is 1.62. The van der Waals surface area contributed by atoms with Crippen LogP contribution in [0.3, 0.4) is 0 Å². The molecule has 2 atom stereocenters. The highest BCUT2D eigenvalue weighted by Crippen LogP contribution is 2.49. The molecule has 0 amide bonds. The lowest BCUT2D eigenvalue weighted by atomic mass is 10.0. The van der Waals surface area contributed by atoms with Crippen LogP contribution in [0, 0.1) is 11.6 Å². The number of hydrogen-bond acceptors (Lipinski definition) is 5. The summed E-state index contributed by atoms with van der Waals surface area (Å²) >= 11 is 0. The van der Waals surface area contributed by atoms with Crippen LogP contribution in [-0.4, -0.2) is 11.6 Å². The van der Waals surface area contributed by atoms with Gasteiger partial charge in [0.05, 0.1) is 24.6 Å². The maximum absolute atomic E-state index is 14.0. The highest BCUT2D eigenvalue weighted by molar-refractivity contribution is 5.65. The molecule has 2 aliphatic heterocycles. The average molecular weight is 396 g/mol. The summed E-state index contributed by atoms with van der Waals surface area (Å²) < 4.78 is 45.0. The first-order valence-corrected chi connectivity index (χ1v) is 9.33. The molecule has 0 fully saturated rings. The summed E-state index contributed by atoms with van der Waals surface area (Å²) in [6.07, 6.45) is 2.91. The average Bonchev–Trinajstić information content (AvgIpc) is 3.40. The predicted molar refractivity (Wildman–Crippen MR) is 102 cm³/mol. The highest BCUT2D eigenvalue weighted by atomic mass is 19.2. The molecule has 148 valence electrons. The van der Waals surface area contributed by atoms with E-state index in [9.17, 15) is 8.78 Å². The molecule has 0 radical (unpaired) electrons.